The molecule has 4 nitrogen and oxygen atoms in total. The van der Waals surface area contributed by atoms with Crippen LogP contribution in [0.2, 0.25) is 0 Å². The Kier molecular flexibility index (Phi) is 9.66. The molecule has 1 aliphatic rings. The minimum absolute atomic E-state index is 0.190. The Hall–Kier alpha value is -7.56. The minimum Gasteiger partial charge on any atom is -0.311 e. The van der Waals surface area contributed by atoms with Crippen LogP contribution in [0.15, 0.2) is 206 Å². The molecule has 9 rings (SSSR count). The smallest absolute Gasteiger partial charge is 0.197 e. The van der Waals surface area contributed by atoms with Crippen LogP contribution in [0.5, 0.6) is 0 Å². The molecule has 4 heteroatoms. The number of hydrogen-bond acceptors (Lipinski definition) is 4. The van der Waals surface area contributed by atoms with E-state index in [1.54, 1.807) is 12.1 Å². The highest BCUT2D eigenvalue weighted by molar-refractivity contribution is 6.41. The van der Waals surface area contributed by atoms with Crippen LogP contribution in [0.25, 0.3) is 28.3 Å². The molecule has 0 N–H and O–H groups in total. The van der Waals surface area contributed by atoms with E-state index in [4.69, 9.17) is 0 Å². The van der Waals surface area contributed by atoms with Gasteiger partial charge in [-0.25, -0.2) is 0 Å². The molecule has 0 saturated heterocycles. The highest BCUT2D eigenvalue weighted by Gasteiger charge is 2.33. The van der Waals surface area contributed by atoms with Crippen LogP contribution < -0.4 is 9.80 Å². The zero-order valence-corrected chi connectivity index (χ0v) is 32.3. The zero-order chi connectivity index (χ0) is 39.6. The van der Waals surface area contributed by atoms with Crippen molar-refractivity contribution < 1.29 is 9.59 Å². The summed E-state index contributed by atoms with van der Waals surface area (Å²) in [4.78, 5) is 31.5. The Labute approximate surface area is 339 Å². The third-order valence-electron chi connectivity index (χ3n) is 10.8. The van der Waals surface area contributed by atoms with Crippen molar-refractivity contribution in [2.45, 2.75) is 13.8 Å². The van der Waals surface area contributed by atoms with Crippen molar-refractivity contribution in [3.05, 3.63) is 234 Å². The highest BCUT2D eigenvalue weighted by Crippen LogP contribution is 2.39. The van der Waals surface area contributed by atoms with E-state index >= 15 is 0 Å². The van der Waals surface area contributed by atoms with Gasteiger partial charge in [-0.2, -0.15) is 0 Å². The molecular weight excluding hydrogens is 709 g/mol. The first-order valence-electron chi connectivity index (χ1n) is 19.5. The van der Waals surface area contributed by atoms with Crippen molar-refractivity contribution in [2.75, 3.05) is 9.80 Å². The lowest BCUT2D eigenvalue weighted by Gasteiger charge is -2.26. The first-order chi connectivity index (χ1) is 28.4. The molecule has 0 spiro atoms. The van der Waals surface area contributed by atoms with Gasteiger partial charge in [0.15, 0.2) is 11.6 Å². The van der Waals surface area contributed by atoms with Crippen LogP contribution in [0, 0.1) is 13.8 Å². The average Bonchev–Trinajstić information content (AvgIpc) is 3.51. The van der Waals surface area contributed by atoms with E-state index in [0.29, 0.717) is 11.1 Å². The minimum atomic E-state index is -0.238. The van der Waals surface area contributed by atoms with Gasteiger partial charge in [0.05, 0.1) is 5.57 Å². The number of allylic oxidation sites excluding steroid dienone is 1. The number of carbonyl (C=O) groups is 2. The van der Waals surface area contributed by atoms with Gasteiger partial charge in [-0.05, 0) is 133 Å². The summed E-state index contributed by atoms with van der Waals surface area (Å²) in [5.74, 6) is -0.475. The monoisotopic (exact) mass is 748 g/mol. The number of ketones is 2. The second-order valence-electron chi connectivity index (χ2n) is 14.7. The summed E-state index contributed by atoms with van der Waals surface area (Å²) in [5.41, 5.74) is 14.7. The third kappa shape index (κ3) is 7.15. The second-order valence-corrected chi connectivity index (χ2v) is 14.7. The number of hydrogen-bond donors (Lipinski definition) is 0. The average molecular weight is 749 g/mol. The summed E-state index contributed by atoms with van der Waals surface area (Å²) in [7, 11) is 0. The Morgan fingerprint density at radius 3 is 1.19 bits per heavy atom. The maximum absolute atomic E-state index is 13.6. The van der Waals surface area contributed by atoms with Crippen molar-refractivity contribution >= 4 is 51.8 Å². The molecule has 278 valence electrons. The van der Waals surface area contributed by atoms with Crippen LogP contribution in [0.1, 0.15) is 37.4 Å². The Morgan fingerprint density at radius 1 is 0.345 bits per heavy atom. The molecule has 0 amide bonds. The van der Waals surface area contributed by atoms with E-state index in [9.17, 15) is 9.59 Å². The number of para-hydroxylation sites is 1. The molecule has 0 fully saturated rings. The number of rotatable bonds is 9. The summed E-state index contributed by atoms with van der Waals surface area (Å²) < 4.78 is 0. The maximum Gasteiger partial charge on any atom is 0.197 e. The Bertz CT molecular complexity index is 2770. The fraction of sp³-hybridized carbons (Fsp3) is 0.0370. The van der Waals surface area contributed by atoms with E-state index < -0.39 is 0 Å². The van der Waals surface area contributed by atoms with Gasteiger partial charge >= 0.3 is 0 Å². The molecule has 0 heterocycles. The molecule has 8 aromatic carbocycles. The number of fused-ring (bicyclic) bond motifs is 1. The number of carbonyl (C=O) groups excluding carboxylic acids is 2. The lowest BCUT2D eigenvalue weighted by molar-refractivity contribution is 0.0990. The summed E-state index contributed by atoms with van der Waals surface area (Å²) >= 11 is 0. The second kappa shape index (κ2) is 15.5. The van der Waals surface area contributed by atoms with Crippen molar-refractivity contribution in [1.29, 1.82) is 0 Å². The Balaban J connectivity index is 0.984. The topological polar surface area (TPSA) is 40.6 Å². The molecular formula is C54H40N2O2. The van der Waals surface area contributed by atoms with Crippen LogP contribution >= 0.6 is 0 Å². The predicted molar refractivity (Wildman–Crippen MR) is 239 cm³/mol. The SMILES string of the molecule is Cc1ccc(N(c2ccccc2)c2ccc(-c3ccc(N(c4ccc(C)cc4)c4ccc(C=C5C(=O)c6ccc(-c7ccccc7)cc6C5=O)cc4)cc3)cc2)cc1. The zero-order valence-electron chi connectivity index (χ0n) is 32.3. The quantitative estimate of drug-likeness (QED) is 0.109. The van der Waals surface area contributed by atoms with Gasteiger partial charge in [-0.1, -0.05) is 126 Å². The molecule has 0 atom stereocenters. The van der Waals surface area contributed by atoms with Gasteiger partial charge < -0.3 is 9.80 Å². The summed E-state index contributed by atoms with van der Waals surface area (Å²) in [6.45, 7) is 4.19. The van der Waals surface area contributed by atoms with Gasteiger partial charge in [0.2, 0.25) is 0 Å². The van der Waals surface area contributed by atoms with E-state index in [1.807, 2.05) is 72.8 Å². The molecule has 1 aliphatic carbocycles. The molecule has 0 bridgehead atoms. The van der Waals surface area contributed by atoms with Gasteiger partial charge in [0.1, 0.15) is 0 Å². The molecule has 0 aliphatic heterocycles. The van der Waals surface area contributed by atoms with Gasteiger partial charge in [0, 0.05) is 45.3 Å². The Morgan fingerprint density at radius 2 is 0.707 bits per heavy atom. The lowest BCUT2D eigenvalue weighted by Crippen LogP contribution is -2.10. The van der Waals surface area contributed by atoms with Crippen molar-refractivity contribution in [2.24, 2.45) is 0 Å². The van der Waals surface area contributed by atoms with E-state index in [1.165, 1.54) is 11.1 Å². The largest absolute Gasteiger partial charge is 0.311 e. The molecule has 58 heavy (non-hydrogen) atoms. The van der Waals surface area contributed by atoms with E-state index in [0.717, 1.165) is 61.9 Å². The van der Waals surface area contributed by atoms with Crippen LogP contribution in [0.3, 0.4) is 0 Å². The number of anilines is 6. The summed E-state index contributed by atoms with van der Waals surface area (Å²) in [6, 6.07) is 68.3. The third-order valence-corrected chi connectivity index (χ3v) is 10.8. The fourth-order valence-electron chi connectivity index (χ4n) is 7.62. The van der Waals surface area contributed by atoms with Crippen LogP contribution in [-0.2, 0) is 0 Å². The summed E-state index contributed by atoms with van der Waals surface area (Å²) in [6.07, 6.45) is 1.72. The van der Waals surface area contributed by atoms with Crippen molar-refractivity contribution in [3.63, 3.8) is 0 Å². The molecule has 0 unspecified atom stereocenters. The maximum atomic E-state index is 13.6. The number of aryl methyl sites for hydroxylation is 2. The van der Waals surface area contributed by atoms with E-state index in [-0.39, 0.29) is 17.1 Å². The lowest BCUT2D eigenvalue weighted by atomic mass is 10.0. The standard InChI is InChI=1S/C54H40N2O2/c1-37-13-24-45(25-14-37)55(44-11-7-4-8-12-44)48-30-19-41(20-31-48)42-21-32-49(33-22-42)56(46-26-15-38(2)16-27-46)47-28-17-39(18-29-47)35-52-53(57)50-34-23-43(36-51(50)54(52)58)40-9-5-3-6-10-40/h3-36H,1-2H3. The number of Topliss-reactive ketones (excluding diaryl/α,β-unsaturated/α-hetero) is 2. The normalized spacial score (nSPS) is 12.8. The van der Waals surface area contributed by atoms with Gasteiger partial charge in [0.25, 0.3) is 0 Å². The first-order valence-corrected chi connectivity index (χ1v) is 19.5. The molecule has 8 aromatic rings. The molecule has 0 aromatic heterocycles. The van der Waals surface area contributed by atoms with Crippen molar-refractivity contribution in [3.8, 4) is 22.3 Å². The van der Waals surface area contributed by atoms with E-state index in [2.05, 4.69) is 145 Å². The number of benzene rings is 8. The van der Waals surface area contributed by atoms with Crippen LogP contribution in [-0.4, -0.2) is 11.6 Å². The number of nitrogens with zero attached hydrogens (tertiary/aromatic N) is 2. The predicted octanol–water partition coefficient (Wildman–Crippen LogP) is 14.0. The fourth-order valence-corrected chi connectivity index (χ4v) is 7.62. The van der Waals surface area contributed by atoms with Crippen molar-refractivity contribution in [1.82, 2.24) is 0 Å². The first kappa shape index (κ1) is 36.1. The van der Waals surface area contributed by atoms with Gasteiger partial charge in [-0.15, -0.1) is 0 Å². The van der Waals surface area contributed by atoms with Crippen LogP contribution in [0.4, 0.5) is 34.1 Å². The molecule has 0 saturated carbocycles. The summed E-state index contributed by atoms with van der Waals surface area (Å²) in [5, 5.41) is 0. The molecule has 0 radical (unpaired) electrons. The highest BCUT2D eigenvalue weighted by atomic mass is 16.2. The van der Waals surface area contributed by atoms with Gasteiger partial charge in [-0.3, -0.25) is 9.59 Å².